The van der Waals surface area contributed by atoms with Gasteiger partial charge in [-0.05, 0) is 25.7 Å². The number of carboxylic acids is 1. The van der Waals surface area contributed by atoms with Crippen molar-refractivity contribution in [3.63, 3.8) is 0 Å². The van der Waals surface area contributed by atoms with E-state index in [2.05, 4.69) is 5.32 Å². The zero-order chi connectivity index (χ0) is 13.0. The van der Waals surface area contributed by atoms with Gasteiger partial charge in [-0.2, -0.15) is 0 Å². The molecule has 0 aromatic carbocycles. The van der Waals surface area contributed by atoms with Crippen molar-refractivity contribution < 1.29 is 14.7 Å². The predicted molar refractivity (Wildman–Crippen MR) is 65.5 cm³/mol. The van der Waals surface area contributed by atoms with Gasteiger partial charge in [-0.1, -0.05) is 32.1 Å². The molecule has 4 nitrogen and oxygen atoms in total. The summed E-state index contributed by atoms with van der Waals surface area (Å²) in [5, 5.41) is 14.1. The minimum absolute atomic E-state index is 0.0594. The number of amides is 1. The summed E-state index contributed by atoms with van der Waals surface area (Å²) in [6.45, 7) is 0. The van der Waals surface area contributed by atoms with Crippen LogP contribution < -0.4 is 10.4 Å². The second-order valence-corrected chi connectivity index (χ2v) is 5.66. The number of carbonyl (C=O) groups is 2. The molecule has 2 aliphatic rings. The maximum absolute atomic E-state index is 12.2. The van der Waals surface area contributed by atoms with E-state index in [0.717, 1.165) is 25.7 Å². The van der Waals surface area contributed by atoms with Gasteiger partial charge >= 0.3 is 0 Å². The molecule has 0 unspecified atom stereocenters. The summed E-state index contributed by atoms with van der Waals surface area (Å²) >= 11 is 0. The van der Waals surface area contributed by atoms with Gasteiger partial charge in [0.2, 0.25) is 5.91 Å². The van der Waals surface area contributed by atoms with Crippen molar-refractivity contribution in [2.45, 2.75) is 63.8 Å². The van der Waals surface area contributed by atoms with Gasteiger partial charge < -0.3 is 15.2 Å². The third kappa shape index (κ3) is 3.24. The summed E-state index contributed by atoms with van der Waals surface area (Å²) < 4.78 is 0. The lowest BCUT2D eigenvalue weighted by atomic mass is 9.78. The van der Waals surface area contributed by atoms with E-state index in [1.165, 1.54) is 19.3 Å². The lowest BCUT2D eigenvalue weighted by Crippen LogP contribution is -2.47. The van der Waals surface area contributed by atoms with Crippen LogP contribution in [0.5, 0.6) is 0 Å². The molecule has 1 amide bonds. The molecule has 0 heterocycles. The van der Waals surface area contributed by atoms with E-state index in [1.807, 2.05) is 0 Å². The maximum atomic E-state index is 12.2. The van der Waals surface area contributed by atoms with Gasteiger partial charge in [-0.3, -0.25) is 4.79 Å². The molecule has 0 aromatic heterocycles. The van der Waals surface area contributed by atoms with Crippen LogP contribution in [0.2, 0.25) is 0 Å². The van der Waals surface area contributed by atoms with Crippen molar-refractivity contribution in [1.82, 2.24) is 5.32 Å². The number of carbonyl (C=O) groups excluding carboxylic acids is 2. The maximum Gasteiger partial charge on any atom is 0.223 e. The predicted octanol–water partition coefficient (Wildman–Crippen LogP) is 0.992. The number of hydrogen-bond donors (Lipinski definition) is 1. The fourth-order valence-electron chi connectivity index (χ4n) is 3.28. The van der Waals surface area contributed by atoms with Crippen LogP contribution in [0.15, 0.2) is 0 Å². The van der Waals surface area contributed by atoms with Gasteiger partial charge in [-0.25, -0.2) is 0 Å². The van der Waals surface area contributed by atoms with Gasteiger partial charge in [0, 0.05) is 23.8 Å². The van der Waals surface area contributed by atoms with Gasteiger partial charge in [0.25, 0.3) is 0 Å². The fraction of sp³-hybridized carbons (Fsp3) is 0.857. The van der Waals surface area contributed by atoms with Gasteiger partial charge in [0.15, 0.2) is 0 Å². The van der Waals surface area contributed by atoms with Crippen molar-refractivity contribution in [2.24, 2.45) is 11.8 Å². The van der Waals surface area contributed by atoms with Crippen LogP contribution in [0.4, 0.5) is 0 Å². The SMILES string of the molecule is O=C([O-])[C@H]1CCCC[C@H]1C(=O)NC1CCCCC1. The normalized spacial score (nSPS) is 29.8. The molecule has 2 aliphatic carbocycles. The molecule has 2 rings (SSSR count). The van der Waals surface area contributed by atoms with Crippen LogP contribution >= 0.6 is 0 Å². The lowest BCUT2D eigenvalue weighted by molar-refractivity contribution is -0.314. The molecule has 0 bridgehead atoms. The molecule has 0 saturated heterocycles. The standard InChI is InChI=1S/C14H23NO3/c16-13(15-10-6-2-1-3-7-10)11-8-4-5-9-12(11)14(17)18/h10-12H,1-9H2,(H,15,16)(H,17,18)/p-1/t11-,12+/m1/s1. The fourth-order valence-corrected chi connectivity index (χ4v) is 3.28. The summed E-state index contributed by atoms with van der Waals surface area (Å²) in [4.78, 5) is 23.2. The van der Waals surface area contributed by atoms with Crippen molar-refractivity contribution in [1.29, 1.82) is 0 Å². The summed E-state index contributed by atoms with van der Waals surface area (Å²) in [5.74, 6) is -2.07. The Balaban J connectivity index is 1.91. The van der Waals surface area contributed by atoms with Crippen LogP contribution in [0.25, 0.3) is 0 Å². The third-order valence-corrected chi connectivity index (χ3v) is 4.36. The Hall–Kier alpha value is -1.06. The second-order valence-electron chi connectivity index (χ2n) is 5.66. The molecule has 0 aliphatic heterocycles. The molecule has 102 valence electrons. The number of carboxylic acid groups (broad SMARTS) is 1. The highest BCUT2D eigenvalue weighted by Gasteiger charge is 2.32. The van der Waals surface area contributed by atoms with Crippen molar-refractivity contribution in [2.75, 3.05) is 0 Å². The van der Waals surface area contributed by atoms with Crippen LogP contribution in [0, 0.1) is 11.8 Å². The minimum Gasteiger partial charge on any atom is -0.550 e. The highest BCUT2D eigenvalue weighted by atomic mass is 16.4. The summed E-state index contributed by atoms with van der Waals surface area (Å²) in [6.07, 6.45) is 8.78. The lowest BCUT2D eigenvalue weighted by Gasteiger charge is -2.33. The first-order valence-electron chi connectivity index (χ1n) is 7.19. The molecule has 0 aromatic rings. The second kappa shape index (κ2) is 6.21. The monoisotopic (exact) mass is 252 g/mol. The Kier molecular flexibility index (Phi) is 4.61. The van der Waals surface area contributed by atoms with Crippen LogP contribution in [-0.2, 0) is 9.59 Å². The number of nitrogens with one attached hydrogen (secondary N) is 1. The summed E-state index contributed by atoms with van der Waals surface area (Å²) in [5.41, 5.74) is 0. The van der Waals surface area contributed by atoms with E-state index in [4.69, 9.17) is 0 Å². The molecule has 4 heteroatoms. The van der Waals surface area contributed by atoms with Crippen molar-refractivity contribution in [3.8, 4) is 0 Å². The smallest absolute Gasteiger partial charge is 0.223 e. The van der Waals surface area contributed by atoms with E-state index in [0.29, 0.717) is 12.8 Å². The van der Waals surface area contributed by atoms with E-state index >= 15 is 0 Å². The third-order valence-electron chi connectivity index (χ3n) is 4.36. The largest absolute Gasteiger partial charge is 0.550 e. The van der Waals surface area contributed by atoms with E-state index in [-0.39, 0.29) is 17.9 Å². The molecule has 2 fully saturated rings. The van der Waals surface area contributed by atoms with E-state index in [9.17, 15) is 14.7 Å². The van der Waals surface area contributed by atoms with Gasteiger partial charge in [0.05, 0.1) is 0 Å². The van der Waals surface area contributed by atoms with Crippen LogP contribution in [0.1, 0.15) is 57.8 Å². The van der Waals surface area contributed by atoms with Crippen molar-refractivity contribution in [3.05, 3.63) is 0 Å². The zero-order valence-electron chi connectivity index (χ0n) is 10.8. The Labute approximate surface area is 108 Å². The van der Waals surface area contributed by atoms with Gasteiger partial charge in [0.1, 0.15) is 0 Å². The van der Waals surface area contributed by atoms with E-state index in [1.54, 1.807) is 0 Å². The molecule has 0 spiro atoms. The van der Waals surface area contributed by atoms with Crippen LogP contribution in [-0.4, -0.2) is 17.9 Å². The summed E-state index contributed by atoms with van der Waals surface area (Å²) in [6, 6.07) is 0.260. The molecular weight excluding hydrogens is 230 g/mol. The van der Waals surface area contributed by atoms with Crippen LogP contribution in [0.3, 0.4) is 0 Å². The molecule has 18 heavy (non-hydrogen) atoms. The highest BCUT2D eigenvalue weighted by Crippen LogP contribution is 2.30. The zero-order valence-corrected chi connectivity index (χ0v) is 10.8. The molecule has 1 N–H and O–H groups in total. The van der Waals surface area contributed by atoms with E-state index < -0.39 is 11.9 Å². The number of hydrogen-bond acceptors (Lipinski definition) is 3. The minimum atomic E-state index is -1.06. The average Bonchev–Trinajstić information content (AvgIpc) is 2.40. The Morgan fingerprint density at radius 2 is 1.39 bits per heavy atom. The first-order chi connectivity index (χ1) is 8.68. The van der Waals surface area contributed by atoms with Gasteiger partial charge in [-0.15, -0.1) is 0 Å². The highest BCUT2D eigenvalue weighted by molar-refractivity contribution is 5.84. The number of rotatable bonds is 3. The Morgan fingerprint density at radius 3 is 2.00 bits per heavy atom. The quantitative estimate of drug-likeness (QED) is 0.814. The summed E-state index contributed by atoms with van der Waals surface area (Å²) in [7, 11) is 0. The Bertz CT molecular complexity index is 310. The number of aliphatic carboxylic acids is 1. The first kappa shape index (κ1) is 13.4. The Morgan fingerprint density at radius 1 is 0.833 bits per heavy atom. The topological polar surface area (TPSA) is 69.2 Å². The average molecular weight is 252 g/mol. The molecule has 2 saturated carbocycles. The first-order valence-corrected chi connectivity index (χ1v) is 7.19. The molecule has 2 atom stereocenters. The van der Waals surface area contributed by atoms with Crippen molar-refractivity contribution >= 4 is 11.9 Å². The molecule has 0 radical (unpaired) electrons. The molecular formula is C14H22NO3-.